The number of fused-ring (bicyclic) bond motifs is 1. The minimum absolute atomic E-state index is 0.374. The normalized spacial score (nSPS) is 20.2. The Kier molecular flexibility index (Phi) is 3.15. The average molecular weight is 295 g/mol. The van der Waals surface area contributed by atoms with E-state index in [9.17, 15) is 14.7 Å². The van der Waals surface area contributed by atoms with Crippen LogP contribution in [0.25, 0.3) is 0 Å². The Morgan fingerprint density at radius 1 is 1.09 bits per heavy atom. The molecule has 3 rings (SSSR count). The lowest BCUT2D eigenvalue weighted by atomic mass is 9.94. The first-order valence-electron chi connectivity index (χ1n) is 7.12. The molecule has 2 aromatic carbocycles. The molecule has 0 fully saturated rings. The third-order valence-corrected chi connectivity index (χ3v) is 4.13. The standard InChI is InChI=1S/C18H17NO3/c1-11-7-9-14(10-8-11)18(22)17(21)16-12(2)5-4-6-15(16)19(18)13(3)20/h4-10,22H,1-3H3. The van der Waals surface area contributed by atoms with Gasteiger partial charge < -0.3 is 5.11 Å². The van der Waals surface area contributed by atoms with Crippen molar-refractivity contribution in [1.82, 2.24) is 0 Å². The molecule has 4 heteroatoms. The first-order chi connectivity index (χ1) is 10.4. The number of Topliss-reactive ketones (excluding diaryl/α,β-unsaturated/α-hetero) is 1. The molecule has 0 aliphatic carbocycles. The molecule has 4 nitrogen and oxygen atoms in total. The van der Waals surface area contributed by atoms with E-state index in [0.717, 1.165) is 11.1 Å². The lowest BCUT2D eigenvalue weighted by Crippen LogP contribution is -2.50. The fraction of sp³-hybridized carbons (Fsp3) is 0.222. The second-order valence-electron chi connectivity index (χ2n) is 5.69. The van der Waals surface area contributed by atoms with E-state index in [4.69, 9.17) is 0 Å². The van der Waals surface area contributed by atoms with Crippen LogP contribution in [-0.2, 0) is 10.5 Å². The molecule has 1 aliphatic heterocycles. The van der Waals surface area contributed by atoms with E-state index in [2.05, 4.69) is 0 Å². The van der Waals surface area contributed by atoms with Gasteiger partial charge in [-0.1, -0.05) is 42.0 Å². The number of carbonyl (C=O) groups is 2. The Labute approximate surface area is 129 Å². The van der Waals surface area contributed by atoms with Crippen molar-refractivity contribution < 1.29 is 14.7 Å². The summed E-state index contributed by atoms with van der Waals surface area (Å²) in [5, 5.41) is 11.2. The predicted octanol–water partition coefficient (Wildman–Crippen LogP) is 2.70. The summed E-state index contributed by atoms with van der Waals surface area (Å²) >= 11 is 0. The van der Waals surface area contributed by atoms with Crippen molar-refractivity contribution in [2.24, 2.45) is 0 Å². The van der Waals surface area contributed by atoms with Crippen LogP contribution in [0.4, 0.5) is 5.69 Å². The van der Waals surface area contributed by atoms with Crippen molar-refractivity contribution in [3.63, 3.8) is 0 Å². The maximum atomic E-state index is 12.9. The third kappa shape index (κ3) is 1.81. The van der Waals surface area contributed by atoms with Crippen LogP contribution in [0.5, 0.6) is 0 Å². The quantitative estimate of drug-likeness (QED) is 0.880. The molecule has 1 atom stereocenters. The van der Waals surface area contributed by atoms with Gasteiger partial charge in [-0.05, 0) is 25.5 Å². The van der Waals surface area contributed by atoms with Crippen LogP contribution < -0.4 is 4.90 Å². The summed E-state index contributed by atoms with van der Waals surface area (Å²) in [5.74, 6) is -0.833. The Morgan fingerprint density at radius 3 is 2.32 bits per heavy atom. The molecule has 0 spiro atoms. The molecule has 1 heterocycles. The van der Waals surface area contributed by atoms with Crippen LogP contribution in [0.15, 0.2) is 42.5 Å². The molecule has 0 aromatic heterocycles. The number of anilines is 1. The zero-order chi connectivity index (χ0) is 16.1. The molecule has 0 radical (unpaired) electrons. The molecule has 1 amide bonds. The van der Waals surface area contributed by atoms with Crippen LogP contribution in [0.1, 0.15) is 34.0 Å². The zero-order valence-electron chi connectivity index (χ0n) is 12.8. The number of amides is 1. The second-order valence-corrected chi connectivity index (χ2v) is 5.69. The SMILES string of the molecule is CC(=O)N1c2cccc(C)c2C(=O)C1(O)c1ccc(C)cc1. The summed E-state index contributed by atoms with van der Waals surface area (Å²) in [4.78, 5) is 26.2. The van der Waals surface area contributed by atoms with Crippen molar-refractivity contribution in [1.29, 1.82) is 0 Å². The number of hydrogen-bond acceptors (Lipinski definition) is 3. The summed E-state index contributed by atoms with van der Waals surface area (Å²) in [5.41, 5.74) is 1.04. The van der Waals surface area contributed by atoms with Crippen LogP contribution in [-0.4, -0.2) is 16.8 Å². The van der Waals surface area contributed by atoms with Crippen molar-refractivity contribution in [3.8, 4) is 0 Å². The molecule has 1 unspecified atom stereocenters. The van der Waals surface area contributed by atoms with E-state index in [1.54, 1.807) is 37.3 Å². The molecule has 0 bridgehead atoms. The number of hydrogen-bond donors (Lipinski definition) is 1. The zero-order valence-corrected chi connectivity index (χ0v) is 12.8. The lowest BCUT2D eigenvalue weighted by Gasteiger charge is -2.32. The first kappa shape index (κ1) is 14.5. The van der Waals surface area contributed by atoms with Gasteiger partial charge in [-0.2, -0.15) is 0 Å². The Morgan fingerprint density at radius 2 is 1.73 bits per heavy atom. The van der Waals surface area contributed by atoms with E-state index in [1.807, 2.05) is 19.1 Å². The highest BCUT2D eigenvalue weighted by Crippen LogP contribution is 2.44. The number of benzene rings is 2. The highest BCUT2D eigenvalue weighted by Gasteiger charge is 2.53. The van der Waals surface area contributed by atoms with Gasteiger partial charge in [0.1, 0.15) is 0 Å². The lowest BCUT2D eigenvalue weighted by molar-refractivity contribution is -0.120. The summed E-state index contributed by atoms with van der Waals surface area (Å²) in [6.07, 6.45) is 0. The molecular formula is C18H17NO3. The van der Waals surface area contributed by atoms with E-state index in [1.165, 1.54) is 11.8 Å². The van der Waals surface area contributed by atoms with Crippen LogP contribution in [0.2, 0.25) is 0 Å². The number of carbonyl (C=O) groups excluding carboxylic acids is 2. The highest BCUT2D eigenvalue weighted by atomic mass is 16.3. The Bertz CT molecular complexity index is 779. The predicted molar refractivity (Wildman–Crippen MR) is 83.7 cm³/mol. The minimum atomic E-state index is -1.98. The van der Waals surface area contributed by atoms with Gasteiger partial charge in [0, 0.05) is 18.1 Å². The summed E-state index contributed by atoms with van der Waals surface area (Å²) < 4.78 is 0. The summed E-state index contributed by atoms with van der Waals surface area (Å²) in [6.45, 7) is 5.08. The maximum absolute atomic E-state index is 12.9. The molecule has 0 saturated carbocycles. The van der Waals surface area contributed by atoms with Crippen LogP contribution in [0, 0.1) is 13.8 Å². The minimum Gasteiger partial charge on any atom is -0.360 e. The third-order valence-electron chi connectivity index (χ3n) is 4.13. The topological polar surface area (TPSA) is 57.6 Å². The largest absolute Gasteiger partial charge is 0.360 e. The number of rotatable bonds is 1. The van der Waals surface area contributed by atoms with Gasteiger partial charge in [0.2, 0.25) is 17.4 Å². The first-order valence-corrected chi connectivity index (χ1v) is 7.12. The second kappa shape index (κ2) is 4.78. The van der Waals surface area contributed by atoms with Gasteiger partial charge in [0.25, 0.3) is 0 Å². The van der Waals surface area contributed by atoms with Gasteiger partial charge in [-0.15, -0.1) is 0 Å². The van der Waals surface area contributed by atoms with Gasteiger partial charge >= 0.3 is 0 Å². The van der Waals surface area contributed by atoms with Crippen molar-refractivity contribution in [3.05, 3.63) is 64.7 Å². The van der Waals surface area contributed by atoms with E-state index in [-0.39, 0.29) is 5.91 Å². The number of aliphatic hydroxyl groups is 1. The number of aryl methyl sites for hydroxylation is 2. The molecule has 2 aromatic rings. The van der Waals surface area contributed by atoms with E-state index >= 15 is 0 Å². The van der Waals surface area contributed by atoms with E-state index in [0.29, 0.717) is 16.8 Å². The fourth-order valence-corrected chi connectivity index (χ4v) is 3.03. The van der Waals surface area contributed by atoms with Crippen molar-refractivity contribution in [2.75, 3.05) is 4.90 Å². The van der Waals surface area contributed by atoms with Crippen LogP contribution in [0.3, 0.4) is 0 Å². The molecule has 0 saturated heterocycles. The maximum Gasteiger partial charge on any atom is 0.236 e. The number of nitrogens with zero attached hydrogens (tertiary/aromatic N) is 1. The van der Waals surface area contributed by atoms with E-state index < -0.39 is 11.5 Å². The highest BCUT2D eigenvalue weighted by molar-refractivity contribution is 6.20. The molecule has 1 aliphatic rings. The van der Waals surface area contributed by atoms with Gasteiger partial charge in [0.05, 0.1) is 5.69 Å². The fourth-order valence-electron chi connectivity index (χ4n) is 3.03. The van der Waals surface area contributed by atoms with Crippen LogP contribution >= 0.6 is 0 Å². The Balaban J connectivity index is 2.28. The van der Waals surface area contributed by atoms with Gasteiger partial charge in [-0.3, -0.25) is 14.5 Å². The Hall–Kier alpha value is -2.46. The monoisotopic (exact) mass is 295 g/mol. The summed E-state index contributed by atoms with van der Waals surface area (Å²) in [6, 6.07) is 12.3. The van der Waals surface area contributed by atoms with Crippen molar-refractivity contribution >= 4 is 17.4 Å². The molecule has 1 N–H and O–H groups in total. The average Bonchev–Trinajstić information content (AvgIpc) is 2.70. The smallest absolute Gasteiger partial charge is 0.236 e. The number of ketones is 1. The summed E-state index contributed by atoms with van der Waals surface area (Å²) in [7, 11) is 0. The molecule has 22 heavy (non-hydrogen) atoms. The molecular weight excluding hydrogens is 278 g/mol. The van der Waals surface area contributed by atoms with Crippen molar-refractivity contribution in [2.45, 2.75) is 26.5 Å². The van der Waals surface area contributed by atoms with Gasteiger partial charge in [0.15, 0.2) is 0 Å². The molecule has 112 valence electrons. The van der Waals surface area contributed by atoms with Gasteiger partial charge in [-0.25, -0.2) is 0 Å².